The molecule has 0 spiro atoms. The third kappa shape index (κ3) is 2.21. The third-order valence-electron chi connectivity index (χ3n) is 4.13. The lowest BCUT2D eigenvalue weighted by Crippen LogP contribution is -2.52. The Morgan fingerprint density at radius 3 is 2.84 bits per heavy atom. The van der Waals surface area contributed by atoms with Crippen LogP contribution in [0, 0.1) is 0 Å². The van der Waals surface area contributed by atoms with Crippen LogP contribution in [-0.4, -0.2) is 11.4 Å². The molecule has 1 heterocycles. The predicted octanol–water partition coefficient (Wildman–Crippen LogP) is 3.55. The highest BCUT2D eigenvalue weighted by atomic mass is 32.1. The van der Waals surface area contributed by atoms with Gasteiger partial charge in [0.15, 0.2) is 0 Å². The monoisotopic (exact) mass is 274 g/mol. The minimum Gasteiger partial charge on any atom is -0.399 e. The van der Waals surface area contributed by atoms with Crippen molar-refractivity contribution in [2.75, 3.05) is 5.73 Å². The van der Waals surface area contributed by atoms with Gasteiger partial charge in [-0.15, -0.1) is 11.3 Å². The summed E-state index contributed by atoms with van der Waals surface area (Å²) in [6, 6.07) is 7.71. The lowest BCUT2D eigenvalue weighted by atomic mass is 9.75. The van der Waals surface area contributed by atoms with Gasteiger partial charge in [0.05, 0.1) is 4.88 Å². The minimum absolute atomic E-state index is 0.0479. The van der Waals surface area contributed by atoms with Crippen molar-refractivity contribution in [1.82, 2.24) is 5.32 Å². The molecule has 1 saturated carbocycles. The summed E-state index contributed by atoms with van der Waals surface area (Å²) in [5, 5.41) is 4.26. The number of nitrogens with one attached hydrogen (secondary N) is 1. The van der Waals surface area contributed by atoms with E-state index in [1.165, 1.54) is 17.8 Å². The fraction of sp³-hybridized carbons (Fsp3) is 0.400. The van der Waals surface area contributed by atoms with Gasteiger partial charge >= 0.3 is 0 Å². The Balaban J connectivity index is 1.85. The number of hydrogen-bond acceptors (Lipinski definition) is 3. The number of benzene rings is 1. The third-order valence-corrected chi connectivity index (χ3v) is 5.25. The van der Waals surface area contributed by atoms with Gasteiger partial charge in [0.2, 0.25) is 0 Å². The summed E-state index contributed by atoms with van der Waals surface area (Å²) in [7, 11) is 0. The molecule has 100 valence electrons. The maximum Gasteiger partial charge on any atom is 0.261 e. The van der Waals surface area contributed by atoms with Crippen LogP contribution in [0.15, 0.2) is 24.3 Å². The van der Waals surface area contributed by atoms with E-state index < -0.39 is 0 Å². The van der Waals surface area contributed by atoms with Gasteiger partial charge in [0.25, 0.3) is 5.91 Å². The molecule has 19 heavy (non-hydrogen) atoms. The number of thiophene rings is 1. The number of nitrogens with two attached hydrogens (primary N) is 1. The van der Waals surface area contributed by atoms with Crippen molar-refractivity contribution in [3.05, 3.63) is 29.1 Å². The fourth-order valence-electron chi connectivity index (χ4n) is 2.65. The van der Waals surface area contributed by atoms with Crippen LogP contribution in [0.4, 0.5) is 5.69 Å². The number of carbonyl (C=O) groups is 1. The van der Waals surface area contributed by atoms with Crippen molar-refractivity contribution >= 4 is 33.0 Å². The number of nitrogen functional groups attached to an aromatic ring is 1. The summed E-state index contributed by atoms with van der Waals surface area (Å²) < 4.78 is 1.11. The number of anilines is 1. The fourth-order valence-corrected chi connectivity index (χ4v) is 3.58. The molecule has 3 rings (SSSR count). The lowest BCUT2D eigenvalue weighted by Gasteiger charge is -2.41. The van der Waals surface area contributed by atoms with Crippen LogP contribution < -0.4 is 11.1 Å². The second-order valence-corrected chi connectivity index (χ2v) is 6.43. The minimum atomic E-state index is 0.0479. The van der Waals surface area contributed by atoms with Gasteiger partial charge in [-0.3, -0.25) is 4.79 Å². The Hall–Kier alpha value is -1.55. The van der Waals surface area contributed by atoms with Crippen LogP contribution in [0.25, 0.3) is 10.1 Å². The molecule has 0 saturated heterocycles. The van der Waals surface area contributed by atoms with Crippen molar-refractivity contribution in [2.45, 2.75) is 38.1 Å². The maximum absolute atomic E-state index is 12.3. The van der Waals surface area contributed by atoms with Gasteiger partial charge in [0, 0.05) is 15.9 Å². The highest BCUT2D eigenvalue weighted by molar-refractivity contribution is 7.20. The van der Waals surface area contributed by atoms with Gasteiger partial charge in [-0.25, -0.2) is 0 Å². The van der Waals surface area contributed by atoms with E-state index in [0.29, 0.717) is 0 Å². The van der Waals surface area contributed by atoms with Crippen LogP contribution in [0.2, 0.25) is 0 Å². The van der Waals surface area contributed by atoms with Crippen molar-refractivity contribution in [1.29, 1.82) is 0 Å². The van der Waals surface area contributed by atoms with Gasteiger partial charge in [0.1, 0.15) is 0 Å². The van der Waals surface area contributed by atoms with E-state index >= 15 is 0 Å². The molecule has 2 aromatic rings. The molecule has 1 aromatic carbocycles. The summed E-state index contributed by atoms with van der Waals surface area (Å²) in [5.74, 6) is 0.0568. The Morgan fingerprint density at radius 2 is 2.21 bits per heavy atom. The standard InChI is InChI=1S/C15H18N2OS/c1-2-15(6-3-7-15)17-14(18)13-9-10-8-11(16)4-5-12(10)19-13/h4-5,8-9H,2-3,6-7,16H2,1H3,(H,17,18). The largest absolute Gasteiger partial charge is 0.399 e. The number of hydrogen-bond donors (Lipinski definition) is 2. The Labute approximate surface area is 116 Å². The van der Waals surface area contributed by atoms with Gasteiger partial charge in [-0.2, -0.15) is 0 Å². The van der Waals surface area contributed by atoms with Crippen molar-refractivity contribution in [3.63, 3.8) is 0 Å². The molecule has 0 aliphatic heterocycles. The molecule has 3 N–H and O–H groups in total. The summed E-state index contributed by atoms with van der Waals surface area (Å²) in [4.78, 5) is 13.1. The molecule has 1 aliphatic rings. The van der Waals surface area contributed by atoms with E-state index in [1.807, 2.05) is 24.3 Å². The first-order chi connectivity index (χ1) is 9.12. The summed E-state index contributed by atoms with van der Waals surface area (Å²) >= 11 is 1.53. The molecule has 1 fully saturated rings. The average Bonchev–Trinajstić information content (AvgIpc) is 2.76. The number of fused-ring (bicyclic) bond motifs is 1. The van der Waals surface area contributed by atoms with E-state index in [2.05, 4.69) is 12.2 Å². The second-order valence-electron chi connectivity index (χ2n) is 5.35. The molecule has 1 aliphatic carbocycles. The van der Waals surface area contributed by atoms with Gasteiger partial charge in [-0.05, 0) is 55.3 Å². The van der Waals surface area contributed by atoms with Crippen LogP contribution >= 0.6 is 11.3 Å². The second kappa shape index (κ2) is 4.53. The maximum atomic E-state index is 12.3. The molecule has 1 aromatic heterocycles. The zero-order valence-corrected chi connectivity index (χ0v) is 11.8. The quantitative estimate of drug-likeness (QED) is 0.841. The average molecular weight is 274 g/mol. The highest BCUT2D eigenvalue weighted by Crippen LogP contribution is 2.35. The van der Waals surface area contributed by atoms with Gasteiger partial charge < -0.3 is 11.1 Å². The van der Waals surface area contributed by atoms with E-state index in [0.717, 1.165) is 39.9 Å². The van der Waals surface area contributed by atoms with Crippen LogP contribution in [0.3, 0.4) is 0 Å². The number of carbonyl (C=O) groups excluding carboxylic acids is 1. The summed E-state index contributed by atoms with van der Waals surface area (Å²) in [6.07, 6.45) is 4.44. The molecular weight excluding hydrogens is 256 g/mol. The molecular formula is C15H18N2OS. The van der Waals surface area contributed by atoms with Crippen LogP contribution in [0.5, 0.6) is 0 Å². The SMILES string of the molecule is CCC1(NC(=O)c2cc3cc(N)ccc3s2)CCC1. The van der Waals surface area contributed by atoms with Crippen molar-refractivity contribution in [2.24, 2.45) is 0 Å². The first kappa shape index (κ1) is 12.5. The zero-order valence-electron chi connectivity index (χ0n) is 11.0. The summed E-state index contributed by atoms with van der Waals surface area (Å²) in [6.45, 7) is 2.14. The molecule has 1 amide bonds. The molecule has 0 unspecified atom stereocenters. The van der Waals surface area contributed by atoms with Crippen LogP contribution in [0.1, 0.15) is 42.3 Å². The van der Waals surface area contributed by atoms with E-state index in [1.54, 1.807) is 0 Å². The predicted molar refractivity (Wildman–Crippen MR) is 80.6 cm³/mol. The molecule has 3 nitrogen and oxygen atoms in total. The summed E-state index contributed by atoms with van der Waals surface area (Å²) in [5.41, 5.74) is 6.55. The first-order valence-electron chi connectivity index (χ1n) is 6.73. The van der Waals surface area contributed by atoms with E-state index in [-0.39, 0.29) is 11.4 Å². The highest BCUT2D eigenvalue weighted by Gasteiger charge is 2.36. The first-order valence-corrected chi connectivity index (χ1v) is 7.55. The molecule has 0 bridgehead atoms. The Kier molecular flexibility index (Phi) is 2.97. The topological polar surface area (TPSA) is 55.1 Å². The van der Waals surface area contributed by atoms with E-state index in [4.69, 9.17) is 5.73 Å². The molecule has 0 radical (unpaired) electrons. The number of amides is 1. The molecule has 0 atom stereocenters. The normalized spacial score (nSPS) is 17.1. The van der Waals surface area contributed by atoms with Gasteiger partial charge in [-0.1, -0.05) is 6.92 Å². The van der Waals surface area contributed by atoms with Crippen molar-refractivity contribution < 1.29 is 4.79 Å². The lowest BCUT2D eigenvalue weighted by molar-refractivity contribution is 0.0825. The number of rotatable bonds is 3. The zero-order chi connectivity index (χ0) is 13.5. The molecule has 4 heteroatoms. The van der Waals surface area contributed by atoms with Crippen molar-refractivity contribution in [3.8, 4) is 0 Å². The smallest absolute Gasteiger partial charge is 0.261 e. The van der Waals surface area contributed by atoms with Crippen LogP contribution in [-0.2, 0) is 0 Å². The Morgan fingerprint density at radius 1 is 1.42 bits per heavy atom. The Bertz CT molecular complexity index is 623. The van der Waals surface area contributed by atoms with E-state index in [9.17, 15) is 4.79 Å².